The van der Waals surface area contributed by atoms with Gasteiger partial charge in [0.1, 0.15) is 11.1 Å². The van der Waals surface area contributed by atoms with Gasteiger partial charge in [-0.05, 0) is 11.6 Å². The molecule has 0 aliphatic heterocycles. The van der Waals surface area contributed by atoms with Crippen LogP contribution in [0.25, 0.3) is 0 Å². The minimum Gasteiger partial charge on any atom is -0.389 e. The summed E-state index contributed by atoms with van der Waals surface area (Å²) in [6, 6.07) is 6.79. The summed E-state index contributed by atoms with van der Waals surface area (Å²) in [5.41, 5.74) is 11.9. The van der Waals surface area contributed by atoms with E-state index < -0.39 is 12.2 Å². The minimum absolute atomic E-state index is 0.00152. The van der Waals surface area contributed by atoms with Gasteiger partial charge in [0, 0.05) is 12.1 Å². The number of aliphatic hydroxyl groups excluding tert-OH is 2. The lowest BCUT2D eigenvalue weighted by Gasteiger charge is -2.16. The largest absolute Gasteiger partial charge is 0.389 e. The van der Waals surface area contributed by atoms with E-state index in [4.69, 9.17) is 23.7 Å². The van der Waals surface area contributed by atoms with Crippen molar-refractivity contribution >= 4 is 17.2 Å². The van der Waals surface area contributed by atoms with E-state index in [0.29, 0.717) is 11.1 Å². The van der Waals surface area contributed by atoms with E-state index in [0.717, 1.165) is 0 Å². The van der Waals surface area contributed by atoms with E-state index in [2.05, 4.69) is 0 Å². The Labute approximate surface area is 93.5 Å². The fourth-order valence-electron chi connectivity index (χ4n) is 1.23. The van der Waals surface area contributed by atoms with Crippen molar-refractivity contribution in [1.82, 2.24) is 0 Å². The first-order valence-electron chi connectivity index (χ1n) is 4.52. The number of thiocarbonyl (C=S) groups is 1. The summed E-state index contributed by atoms with van der Waals surface area (Å²) < 4.78 is 0. The highest BCUT2D eigenvalue weighted by atomic mass is 32.1. The number of benzene rings is 1. The predicted molar refractivity (Wildman–Crippen MR) is 62.4 cm³/mol. The van der Waals surface area contributed by atoms with Crippen LogP contribution in [0, 0.1) is 0 Å². The number of hydrogen-bond donors (Lipinski definition) is 4. The summed E-state index contributed by atoms with van der Waals surface area (Å²) in [6.07, 6.45) is -1.99. The first-order valence-corrected chi connectivity index (χ1v) is 4.93. The summed E-state index contributed by atoms with van der Waals surface area (Å²) in [4.78, 5) is 0.256. The third-order valence-corrected chi connectivity index (χ3v) is 2.35. The highest BCUT2D eigenvalue weighted by Gasteiger charge is 2.16. The Morgan fingerprint density at radius 3 is 2.60 bits per heavy atom. The maximum Gasteiger partial charge on any atom is 0.106 e. The second-order valence-corrected chi connectivity index (χ2v) is 3.68. The predicted octanol–water partition coefficient (Wildman–Crippen LogP) is -0.326. The van der Waals surface area contributed by atoms with Crippen LogP contribution >= 0.6 is 12.2 Å². The Morgan fingerprint density at radius 2 is 2.07 bits per heavy atom. The molecule has 2 unspecified atom stereocenters. The van der Waals surface area contributed by atoms with Gasteiger partial charge < -0.3 is 21.7 Å². The quantitative estimate of drug-likeness (QED) is 0.528. The SMILES string of the molecule is NCC(O)C(O)c1cccc(C(N)=S)c1. The highest BCUT2D eigenvalue weighted by molar-refractivity contribution is 7.80. The molecule has 0 aliphatic rings. The van der Waals surface area contributed by atoms with Crippen LogP contribution in [0.5, 0.6) is 0 Å². The van der Waals surface area contributed by atoms with Gasteiger partial charge in [-0.2, -0.15) is 0 Å². The minimum atomic E-state index is -1.01. The molecule has 5 heteroatoms. The molecule has 2 atom stereocenters. The van der Waals surface area contributed by atoms with Crippen LogP contribution < -0.4 is 11.5 Å². The molecule has 0 saturated carbocycles. The summed E-state index contributed by atoms with van der Waals surface area (Å²) in [5.74, 6) is 0. The van der Waals surface area contributed by atoms with Crippen LogP contribution in [0.2, 0.25) is 0 Å². The summed E-state index contributed by atoms with van der Waals surface area (Å²) in [6.45, 7) is -0.00152. The maximum absolute atomic E-state index is 9.68. The van der Waals surface area contributed by atoms with Gasteiger partial charge in [-0.1, -0.05) is 30.4 Å². The van der Waals surface area contributed by atoms with Gasteiger partial charge in [-0.3, -0.25) is 0 Å². The number of nitrogens with two attached hydrogens (primary N) is 2. The van der Waals surface area contributed by atoms with E-state index in [1.165, 1.54) is 0 Å². The van der Waals surface area contributed by atoms with Gasteiger partial charge in [-0.15, -0.1) is 0 Å². The van der Waals surface area contributed by atoms with E-state index >= 15 is 0 Å². The van der Waals surface area contributed by atoms with Crippen LogP contribution in [0.3, 0.4) is 0 Å². The van der Waals surface area contributed by atoms with Crippen molar-refractivity contribution in [2.45, 2.75) is 12.2 Å². The zero-order chi connectivity index (χ0) is 11.4. The van der Waals surface area contributed by atoms with Crippen molar-refractivity contribution in [3.8, 4) is 0 Å². The van der Waals surface area contributed by atoms with Crippen molar-refractivity contribution in [1.29, 1.82) is 0 Å². The Morgan fingerprint density at radius 1 is 1.40 bits per heavy atom. The highest BCUT2D eigenvalue weighted by Crippen LogP contribution is 2.17. The topological polar surface area (TPSA) is 92.5 Å². The van der Waals surface area contributed by atoms with Crippen LogP contribution in [-0.4, -0.2) is 27.9 Å². The first-order chi connectivity index (χ1) is 7.06. The molecule has 0 aromatic heterocycles. The number of hydrogen-bond acceptors (Lipinski definition) is 4. The molecular formula is C10H14N2O2S. The van der Waals surface area contributed by atoms with Crippen LogP contribution in [0.4, 0.5) is 0 Å². The number of aliphatic hydroxyl groups is 2. The Balaban J connectivity index is 2.94. The third kappa shape index (κ3) is 2.97. The van der Waals surface area contributed by atoms with Gasteiger partial charge in [-0.25, -0.2) is 0 Å². The molecule has 6 N–H and O–H groups in total. The van der Waals surface area contributed by atoms with Crippen LogP contribution in [-0.2, 0) is 0 Å². The molecule has 0 spiro atoms. The summed E-state index contributed by atoms with van der Waals surface area (Å²) >= 11 is 4.81. The Hall–Kier alpha value is -1.01. The lowest BCUT2D eigenvalue weighted by molar-refractivity contribution is 0.0243. The van der Waals surface area contributed by atoms with Crippen molar-refractivity contribution in [3.63, 3.8) is 0 Å². The molecule has 0 heterocycles. The van der Waals surface area contributed by atoms with Gasteiger partial charge >= 0.3 is 0 Å². The first kappa shape index (κ1) is 12.1. The van der Waals surface area contributed by atoms with Gasteiger partial charge in [0.2, 0.25) is 0 Å². The average molecular weight is 226 g/mol. The molecule has 0 saturated heterocycles. The zero-order valence-electron chi connectivity index (χ0n) is 8.13. The van der Waals surface area contributed by atoms with Crippen molar-refractivity contribution in [2.24, 2.45) is 11.5 Å². The molecule has 0 radical (unpaired) electrons. The molecule has 15 heavy (non-hydrogen) atoms. The molecule has 0 aliphatic carbocycles. The summed E-state index contributed by atoms with van der Waals surface area (Å²) in [7, 11) is 0. The van der Waals surface area contributed by atoms with Crippen molar-refractivity contribution < 1.29 is 10.2 Å². The number of rotatable bonds is 4. The van der Waals surface area contributed by atoms with E-state index in [1.807, 2.05) is 0 Å². The molecule has 4 nitrogen and oxygen atoms in total. The Kier molecular flexibility index (Phi) is 4.16. The monoisotopic (exact) mass is 226 g/mol. The molecule has 1 aromatic rings. The zero-order valence-corrected chi connectivity index (χ0v) is 8.95. The van der Waals surface area contributed by atoms with Gasteiger partial charge in [0.15, 0.2) is 0 Å². The molecule has 0 amide bonds. The molecule has 0 bridgehead atoms. The van der Waals surface area contributed by atoms with E-state index in [-0.39, 0.29) is 11.5 Å². The molecule has 1 rings (SSSR count). The van der Waals surface area contributed by atoms with Gasteiger partial charge in [0.05, 0.1) is 6.10 Å². The maximum atomic E-state index is 9.68. The van der Waals surface area contributed by atoms with Crippen LogP contribution in [0.15, 0.2) is 24.3 Å². The average Bonchev–Trinajstić information content (AvgIpc) is 2.27. The second-order valence-electron chi connectivity index (χ2n) is 3.24. The fraction of sp³-hybridized carbons (Fsp3) is 0.300. The van der Waals surface area contributed by atoms with Gasteiger partial charge in [0.25, 0.3) is 0 Å². The summed E-state index contributed by atoms with van der Waals surface area (Å²) in [5, 5.41) is 19.1. The van der Waals surface area contributed by atoms with E-state index in [1.54, 1.807) is 24.3 Å². The normalized spacial score (nSPS) is 14.6. The molecule has 82 valence electrons. The second kappa shape index (κ2) is 5.18. The molecular weight excluding hydrogens is 212 g/mol. The fourth-order valence-corrected chi connectivity index (χ4v) is 1.35. The van der Waals surface area contributed by atoms with E-state index in [9.17, 15) is 10.2 Å². The lowest BCUT2D eigenvalue weighted by Crippen LogP contribution is -2.27. The van der Waals surface area contributed by atoms with Crippen LogP contribution in [0.1, 0.15) is 17.2 Å². The molecule has 0 fully saturated rings. The van der Waals surface area contributed by atoms with Crippen molar-refractivity contribution in [3.05, 3.63) is 35.4 Å². The lowest BCUT2D eigenvalue weighted by atomic mass is 10.0. The van der Waals surface area contributed by atoms with Crippen molar-refractivity contribution in [2.75, 3.05) is 6.54 Å². The smallest absolute Gasteiger partial charge is 0.106 e. The Bertz CT molecular complexity index is 357. The third-order valence-electron chi connectivity index (χ3n) is 2.12. The standard InChI is InChI=1S/C10H14N2O2S/c11-5-8(13)9(14)6-2-1-3-7(4-6)10(12)15/h1-4,8-9,13-14H,5,11H2,(H2,12,15). The molecule has 1 aromatic carbocycles.